The number of hydrogen-bond acceptors (Lipinski definition) is 3. The van der Waals surface area contributed by atoms with Crippen LogP contribution < -0.4 is 5.32 Å². The molecule has 1 amide bonds. The van der Waals surface area contributed by atoms with Gasteiger partial charge in [-0.25, -0.2) is 0 Å². The quantitative estimate of drug-likeness (QED) is 0.0425. The van der Waals surface area contributed by atoms with Gasteiger partial charge in [-0.15, -0.1) is 0 Å². The highest BCUT2D eigenvalue weighted by atomic mass is 16.3. The lowest BCUT2D eigenvalue weighted by Crippen LogP contribution is -2.45. The molecule has 0 aliphatic heterocycles. The molecule has 0 aromatic heterocycles. The van der Waals surface area contributed by atoms with Gasteiger partial charge in [-0.3, -0.25) is 4.79 Å². The molecule has 0 saturated heterocycles. The highest BCUT2D eigenvalue weighted by molar-refractivity contribution is 5.76. The molecular formula is C53H95NO3. The van der Waals surface area contributed by atoms with Crippen LogP contribution in [0.15, 0.2) is 72.9 Å². The first kappa shape index (κ1) is 54.8. The third-order valence-corrected chi connectivity index (χ3v) is 10.9. The predicted molar refractivity (Wildman–Crippen MR) is 253 cm³/mol. The van der Waals surface area contributed by atoms with Crippen LogP contribution in [0.5, 0.6) is 0 Å². The van der Waals surface area contributed by atoms with Crippen LogP contribution in [-0.4, -0.2) is 34.9 Å². The number of aliphatic hydroxyl groups is 2. The van der Waals surface area contributed by atoms with E-state index in [1.165, 1.54) is 167 Å². The fourth-order valence-corrected chi connectivity index (χ4v) is 7.21. The van der Waals surface area contributed by atoms with Gasteiger partial charge in [-0.1, -0.05) is 247 Å². The molecule has 4 heteroatoms. The van der Waals surface area contributed by atoms with E-state index >= 15 is 0 Å². The van der Waals surface area contributed by atoms with Gasteiger partial charge < -0.3 is 15.5 Å². The van der Waals surface area contributed by atoms with Gasteiger partial charge in [-0.2, -0.15) is 0 Å². The van der Waals surface area contributed by atoms with Gasteiger partial charge >= 0.3 is 0 Å². The van der Waals surface area contributed by atoms with Gasteiger partial charge in [0.05, 0.1) is 18.8 Å². The third-order valence-electron chi connectivity index (χ3n) is 10.9. The summed E-state index contributed by atoms with van der Waals surface area (Å²) in [6, 6.07) is -0.680. The predicted octanol–water partition coefficient (Wildman–Crippen LogP) is 15.9. The maximum absolute atomic E-state index is 12.3. The van der Waals surface area contributed by atoms with Crippen molar-refractivity contribution in [2.75, 3.05) is 6.61 Å². The van der Waals surface area contributed by atoms with Gasteiger partial charge in [0, 0.05) is 6.42 Å². The van der Waals surface area contributed by atoms with Crippen LogP contribution in [0.4, 0.5) is 0 Å². The summed E-state index contributed by atoms with van der Waals surface area (Å²) >= 11 is 0. The van der Waals surface area contributed by atoms with Crippen LogP contribution in [0.25, 0.3) is 0 Å². The Bertz CT molecular complexity index is 992. The molecule has 2 unspecified atom stereocenters. The molecule has 0 radical (unpaired) electrons. The first-order valence-corrected chi connectivity index (χ1v) is 24.7. The van der Waals surface area contributed by atoms with Gasteiger partial charge in [0.1, 0.15) is 0 Å². The summed E-state index contributed by atoms with van der Waals surface area (Å²) in [6.07, 6.45) is 69.3. The molecule has 0 heterocycles. The summed E-state index contributed by atoms with van der Waals surface area (Å²) < 4.78 is 0. The van der Waals surface area contributed by atoms with Crippen molar-refractivity contribution in [3.8, 4) is 0 Å². The van der Waals surface area contributed by atoms with E-state index in [1.54, 1.807) is 6.08 Å². The van der Waals surface area contributed by atoms with E-state index in [-0.39, 0.29) is 12.5 Å². The normalized spacial score (nSPS) is 13.5. The molecule has 0 aromatic rings. The molecule has 0 aliphatic rings. The van der Waals surface area contributed by atoms with Crippen LogP contribution in [0, 0.1) is 0 Å². The van der Waals surface area contributed by atoms with E-state index in [2.05, 4.69) is 73.8 Å². The van der Waals surface area contributed by atoms with Crippen molar-refractivity contribution >= 4 is 5.91 Å². The van der Waals surface area contributed by atoms with Crippen molar-refractivity contribution in [3.05, 3.63) is 72.9 Å². The number of rotatable bonds is 44. The fourth-order valence-electron chi connectivity index (χ4n) is 7.21. The highest BCUT2D eigenvalue weighted by Crippen LogP contribution is 2.16. The topological polar surface area (TPSA) is 69.6 Å². The first-order valence-electron chi connectivity index (χ1n) is 24.7. The maximum atomic E-state index is 12.3. The Morgan fingerprint density at radius 3 is 1.21 bits per heavy atom. The Labute approximate surface area is 355 Å². The van der Waals surface area contributed by atoms with E-state index in [0.717, 1.165) is 44.9 Å². The number of nitrogens with one attached hydrogen (secondary N) is 1. The lowest BCUT2D eigenvalue weighted by atomic mass is 10.0. The van der Waals surface area contributed by atoms with Crippen molar-refractivity contribution < 1.29 is 15.0 Å². The van der Waals surface area contributed by atoms with Crippen LogP contribution >= 0.6 is 0 Å². The van der Waals surface area contributed by atoms with E-state index in [9.17, 15) is 15.0 Å². The Morgan fingerprint density at radius 1 is 0.439 bits per heavy atom. The number of hydrogen-bond donors (Lipinski definition) is 3. The maximum Gasteiger partial charge on any atom is 0.220 e. The zero-order valence-corrected chi connectivity index (χ0v) is 37.8. The summed E-state index contributed by atoms with van der Waals surface area (Å²) in [4.78, 5) is 12.3. The summed E-state index contributed by atoms with van der Waals surface area (Å²) in [5.74, 6) is -0.155. The molecule has 0 aromatic carbocycles. The largest absolute Gasteiger partial charge is 0.394 e. The number of carbonyl (C=O) groups excluding carboxylic acids is 1. The number of amides is 1. The molecule has 3 N–H and O–H groups in total. The van der Waals surface area contributed by atoms with Crippen molar-refractivity contribution in [1.82, 2.24) is 5.32 Å². The zero-order valence-electron chi connectivity index (χ0n) is 37.8. The monoisotopic (exact) mass is 794 g/mol. The van der Waals surface area contributed by atoms with Gasteiger partial charge in [-0.05, 0) is 57.8 Å². The summed E-state index contributed by atoms with van der Waals surface area (Å²) in [7, 11) is 0. The number of allylic oxidation sites excluding steroid dienone is 11. The Balaban J connectivity index is 3.54. The average Bonchev–Trinajstić information content (AvgIpc) is 3.22. The molecule has 2 atom stereocenters. The number of aliphatic hydroxyl groups excluding tert-OH is 2. The second kappa shape index (κ2) is 48.2. The standard InChI is InChI=1S/C53H95NO3/c1-3-5-7-9-11-13-15-17-18-19-20-21-22-23-24-25-26-27-28-29-30-31-32-33-34-35-37-38-40-42-44-46-48-52(56)51(50-55)54-53(57)49-47-45-43-41-39-36-16-14-12-10-8-6-4-2/h6,8,12,14,36,38-40,43,45-46,48,51-52,55-56H,3-5,7,9-11,13,15-35,37,41-42,44,47,49-50H2,1-2H3,(H,54,57)/b8-6-,14-12-,39-36-,40-38+,45-43-,48-46+. The molecule has 0 rings (SSSR count). The summed E-state index contributed by atoms with van der Waals surface area (Å²) in [5.41, 5.74) is 0. The van der Waals surface area contributed by atoms with Gasteiger partial charge in [0.2, 0.25) is 5.91 Å². The average molecular weight is 794 g/mol. The SMILES string of the molecule is CC/C=C\C/C=C\C/C=C\C/C=C\CCC(=O)NC(CO)C(O)/C=C/CC/C=C/CCCCCCCCCCCCCCCCCCCCCCCCCCCC. The van der Waals surface area contributed by atoms with Crippen molar-refractivity contribution in [1.29, 1.82) is 0 Å². The van der Waals surface area contributed by atoms with E-state index in [1.807, 2.05) is 12.2 Å². The molecule has 57 heavy (non-hydrogen) atoms. The van der Waals surface area contributed by atoms with Crippen LogP contribution in [0.2, 0.25) is 0 Å². The minimum absolute atomic E-state index is 0.155. The van der Waals surface area contributed by atoms with Crippen LogP contribution in [-0.2, 0) is 4.79 Å². The van der Waals surface area contributed by atoms with Gasteiger partial charge in [0.25, 0.3) is 0 Å². The lowest BCUT2D eigenvalue weighted by molar-refractivity contribution is -0.122. The molecule has 0 saturated carbocycles. The Morgan fingerprint density at radius 2 is 0.789 bits per heavy atom. The highest BCUT2D eigenvalue weighted by Gasteiger charge is 2.17. The zero-order chi connectivity index (χ0) is 41.4. The molecule has 330 valence electrons. The summed E-state index contributed by atoms with van der Waals surface area (Å²) in [6.45, 7) is 4.15. The Kier molecular flexibility index (Phi) is 46.4. The third kappa shape index (κ3) is 44.8. The van der Waals surface area contributed by atoms with E-state index in [0.29, 0.717) is 12.8 Å². The van der Waals surface area contributed by atoms with Crippen molar-refractivity contribution in [2.45, 2.75) is 251 Å². The molecule has 0 spiro atoms. The van der Waals surface area contributed by atoms with Gasteiger partial charge in [0.15, 0.2) is 0 Å². The van der Waals surface area contributed by atoms with Crippen molar-refractivity contribution in [3.63, 3.8) is 0 Å². The Hall–Kier alpha value is -2.17. The van der Waals surface area contributed by atoms with Crippen LogP contribution in [0.3, 0.4) is 0 Å². The van der Waals surface area contributed by atoms with Crippen molar-refractivity contribution in [2.24, 2.45) is 0 Å². The molecular weight excluding hydrogens is 699 g/mol. The first-order chi connectivity index (χ1) is 28.2. The molecule has 4 nitrogen and oxygen atoms in total. The smallest absolute Gasteiger partial charge is 0.220 e. The molecule has 0 fully saturated rings. The second-order valence-electron chi connectivity index (χ2n) is 16.5. The number of unbranched alkanes of at least 4 members (excludes halogenated alkanes) is 27. The fraction of sp³-hybridized carbons (Fsp3) is 0.755. The van der Waals surface area contributed by atoms with E-state index in [4.69, 9.17) is 0 Å². The minimum atomic E-state index is -0.895. The molecule has 0 aliphatic carbocycles. The van der Waals surface area contributed by atoms with Crippen LogP contribution in [0.1, 0.15) is 239 Å². The van der Waals surface area contributed by atoms with E-state index < -0.39 is 12.1 Å². The number of carbonyl (C=O) groups is 1. The lowest BCUT2D eigenvalue weighted by Gasteiger charge is -2.19. The molecule has 0 bridgehead atoms. The summed E-state index contributed by atoms with van der Waals surface area (Å²) in [5, 5.41) is 22.9. The second-order valence-corrected chi connectivity index (χ2v) is 16.5. The minimum Gasteiger partial charge on any atom is -0.394 e.